The minimum atomic E-state index is -0.166. The fourth-order valence-corrected chi connectivity index (χ4v) is 2.79. The molecule has 0 saturated heterocycles. The van der Waals surface area contributed by atoms with Gasteiger partial charge in [0.1, 0.15) is 5.75 Å². The summed E-state index contributed by atoms with van der Waals surface area (Å²) < 4.78 is 0. The Kier molecular flexibility index (Phi) is 2.94. The summed E-state index contributed by atoms with van der Waals surface area (Å²) in [6.07, 6.45) is 5.87. The van der Waals surface area contributed by atoms with Gasteiger partial charge in [-0.1, -0.05) is 25.3 Å². The normalized spacial score (nSPS) is 19.7. The van der Waals surface area contributed by atoms with E-state index >= 15 is 0 Å². The smallest absolute Gasteiger partial charge is 0.118 e. The van der Waals surface area contributed by atoms with E-state index in [1.165, 1.54) is 24.8 Å². The predicted octanol–water partition coefficient (Wildman–Crippen LogP) is 3.13. The first-order valence-electron chi connectivity index (χ1n) is 6.12. The second kappa shape index (κ2) is 4.10. The summed E-state index contributed by atoms with van der Waals surface area (Å²) in [7, 11) is 0. The van der Waals surface area contributed by atoms with Crippen molar-refractivity contribution in [3.63, 3.8) is 0 Å². The Bertz CT molecular complexity index is 392. The second-order valence-corrected chi connectivity index (χ2v) is 5.17. The molecule has 0 aliphatic heterocycles. The maximum atomic E-state index is 9.67. The molecule has 0 unspecified atom stereocenters. The van der Waals surface area contributed by atoms with Gasteiger partial charge in [-0.2, -0.15) is 0 Å². The standard InChI is InChI=1S/C14H21NO/c1-10-9-13(16)11(2)8-12(10)14(15)6-4-3-5-7-14/h8-9,16H,3-7,15H2,1-2H3. The van der Waals surface area contributed by atoms with Crippen molar-refractivity contribution in [3.8, 4) is 5.75 Å². The molecule has 3 N–H and O–H groups in total. The molecule has 88 valence electrons. The molecule has 2 nitrogen and oxygen atoms in total. The highest BCUT2D eigenvalue weighted by Gasteiger charge is 2.30. The van der Waals surface area contributed by atoms with Crippen molar-refractivity contribution in [1.82, 2.24) is 0 Å². The summed E-state index contributed by atoms with van der Waals surface area (Å²) in [5.41, 5.74) is 9.62. The van der Waals surface area contributed by atoms with Crippen molar-refractivity contribution in [2.75, 3.05) is 0 Å². The van der Waals surface area contributed by atoms with E-state index in [-0.39, 0.29) is 5.54 Å². The molecule has 0 aromatic heterocycles. The lowest BCUT2D eigenvalue weighted by molar-refractivity contribution is 0.300. The molecule has 0 spiro atoms. The van der Waals surface area contributed by atoms with Gasteiger partial charge in [-0.3, -0.25) is 0 Å². The molecule has 1 aromatic rings. The summed E-state index contributed by atoms with van der Waals surface area (Å²) in [5.74, 6) is 0.376. The molecule has 16 heavy (non-hydrogen) atoms. The average molecular weight is 219 g/mol. The largest absolute Gasteiger partial charge is 0.508 e. The third kappa shape index (κ3) is 1.94. The van der Waals surface area contributed by atoms with Crippen LogP contribution < -0.4 is 5.73 Å². The van der Waals surface area contributed by atoms with Gasteiger partial charge in [0.25, 0.3) is 0 Å². The molecule has 1 aliphatic carbocycles. The van der Waals surface area contributed by atoms with E-state index in [2.05, 4.69) is 6.07 Å². The molecule has 0 heterocycles. The number of phenolic OH excluding ortho intramolecular Hbond substituents is 1. The summed E-state index contributed by atoms with van der Waals surface area (Å²) in [6.45, 7) is 3.97. The van der Waals surface area contributed by atoms with Gasteiger partial charge in [0.05, 0.1) is 0 Å². The summed E-state index contributed by atoms with van der Waals surface area (Å²) in [6, 6.07) is 3.91. The third-order valence-electron chi connectivity index (χ3n) is 3.83. The Balaban J connectivity index is 2.42. The maximum absolute atomic E-state index is 9.67. The van der Waals surface area contributed by atoms with E-state index in [1.54, 1.807) is 0 Å². The first-order chi connectivity index (χ1) is 7.53. The molecule has 2 heteroatoms. The van der Waals surface area contributed by atoms with E-state index in [9.17, 15) is 5.11 Å². The van der Waals surface area contributed by atoms with E-state index < -0.39 is 0 Å². The molecule has 1 fully saturated rings. The van der Waals surface area contributed by atoms with Crippen molar-refractivity contribution in [2.24, 2.45) is 5.73 Å². The molecule has 0 atom stereocenters. The number of rotatable bonds is 1. The van der Waals surface area contributed by atoms with Gasteiger partial charge in [-0.25, -0.2) is 0 Å². The Morgan fingerprint density at radius 2 is 1.69 bits per heavy atom. The lowest BCUT2D eigenvalue weighted by Crippen LogP contribution is -2.39. The minimum absolute atomic E-state index is 0.166. The quantitative estimate of drug-likeness (QED) is 0.762. The molecule has 1 saturated carbocycles. The third-order valence-corrected chi connectivity index (χ3v) is 3.83. The van der Waals surface area contributed by atoms with Gasteiger partial charge in [-0.15, -0.1) is 0 Å². The molecule has 1 aromatic carbocycles. The summed E-state index contributed by atoms with van der Waals surface area (Å²) >= 11 is 0. The van der Waals surface area contributed by atoms with Crippen molar-refractivity contribution >= 4 is 0 Å². The SMILES string of the molecule is Cc1cc(C2(N)CCCCC2)c(C)cc1O. The predicted molar refractivity (Wildman–Crippen MR) is 66.5 cm³/mol. The Hall–Kier alpha value is -1.02. The van der Waals surface area contributed by atoms with Crippen LogP contribution >= 0.6 is 0 Å². The Morgan fingerprint density at radius 3 is 2.31 bits per heavy atom. The van der Waals surface area contributed by atoms with Crippen LogP contribution in [-0.2, 0) is 5.54 Å². The van der Waals surface area contributed by atoms with E-state index in [0.717, 1.165) is 24.0 Å². The van der Waals surface area contributed by atoms with Crippen LogP contribution in [0.1, 0.15) is 48.8 Å². The number of hydrogen-bond donors (Lipinski definition) is 2. The zero-order valence-electron chi connectivity index (χ0n) is 10.2. The van der Waals surface area contributed by atoms with Gasteiger partial charge < -0.3 is 10.8 Å². The molecule has 0 radical (unpaired) electrons. The number of phenols is 1. The Morgan fingerprint density at radius 1 is 1.06 bits per heavy atom. The van der Waals surface area contributed by atoms with Gasteiger partial charge in [0, 0.05) is 5.54 Å². The van der Waals surface area contributed by atoms with Crippen LogP contribution in [0.3, 0.4) is 0 Å². The number of aromatic hydroxyl groups is 1. The zero-order valence-corrected chi connectivity index (χ0v) is 10.2. The monoisotopic (exact) mass is 219 g/mol. The fraction of sp³-hybridized carbons (Fsp3) is 0.571. The lowest BCUT2D eigenvalue weighted by Gasteiger charge is -2.35. The topological polar surface area (TPSA) is 46.2 Å². The number of hydrogen-bond acceptors (Lipinski definition) is 2. The van der Waals surface area contributed by atoms with E-state index in [0.29, 0.717) is 5.75 Å². The fourth-order valence-electron chi connectivity index (χ4n) is 2.79. The van der Waals surface area contributed by atoms with Crippen molar-refractivity contribution in [2.45, 2.75) is 51.5 Å². The molecular weight excluding hydrogens is 198 g/mol. The minimum Gasteiger partial charge on any atom is -0.508 e. The van der Waals surface area contributed by atoms with Gasteiger partial charge >= 0.3 is 0 Å². The van der Waals surface area contributed by atoms with E-state index in [4.69, 9.17) is 5.73 Å². The maximum Gasteiger partial charge on any atom is 0.118 e. The number of benzene rings is 1. The van der Waals surface area contributed by atoms with Crippen LogP contribution in [0.2, 0.25) is 0 Å². The highest BCUT2D eigenvalue weighted by atomic mass is 16.3. The first-order valence-corrected chi connectivity index (χ1v) is 6.12. The molecular formula is C14H21NO. The van der Waals surface area contributed by atoms with Crippen molar-refractivity contribution in [1.29, 1.82) is 0 Å². The summed E-state index contributed by atoms with van der Waals surface area (Å²) in [4.78, 5) is 0. The van der Waals surface area contributed by atoms with Crippen LogP contribution in [0, 0.1) is 13.8 Å². The lowest BCUT2D eigenvalue weighted by atomic mass is 9.75. The van der Waals surface area contributed by atoms with Crippen LogP contribution in [0.5, 0.6) is 5.75 Å². The van der Waals surface area contributed by atoms with Crippen LogP contribution in [0.4, 0.5) is 0 Å². The summed E-state index contributed by atoms with van der Waals surface area (Å²) in [5, 5.41) is 9.67. The highest BCUT2D eigenvalue weighted by molar-refractivity contribution is 5.43. The molecule has 0 amide bonds. The van der Waals surface area contributed by atoms with Gasteiger partial charge in [-0.05, 0) is 49.4 Å². The highest BCUT2D eigenvalue weighted by Crippen LogP contribution is 2.38. The van der Waals surface area contributed by atoms with Crippen LogP contribution in [-0.4, -0.2) is 5.11 Å². The number of aryl methyl sites for hydroxylation is 2. The molecule has 1 aliphatic rings. The van der Waals surface area contributed by atoms with Crippen LogP contribution in [0.25, 0.3) is 0 Å². The van der Waals surface area contributed by atoms with Crippen molar-refractivity contribution in [3.05, 3.63) is 28.8 Å². The van der Waals surface area contributed by atoms with Gasteiger partial charge in [0.15, 0.2) is 0 Å². The first kappa shape index (κ1) is 11.5. The molecule has 0 bridgehead atoms. The van der Waals surface area contributed by atoms with Gasteiger partial charge in [0.2, 0.25) is 0 Å². The Labute approximate surface area is 97.5 Å². The average Bonchev–Trinajstić information content (AvgIpc) is 2.24. The second-order valence-electron chi connectivity index (χ2n) is 5.17. The van der Waals surface area contributed by atoms with Crippen molar-refractivity contribution < 1.29 is 5.11 Å². The molecule has 2 rings (SSSR count). The van der Waals surface area contributed by atoms with Crippen LogP contribution in [0.15, 0.2) is 12.1 Å². The zero-order chi connectivity index (χ0) is 11.8. The number of nitrogens with two attached hydrogens (primary N) is 1. The van der Waals surface area contributed by atoms with E-state index in [1.807, 2.05) is 19.9 Å².